The molecule has 3 aliphatic carbocycles. The van der Waals surface area contributed by atoms with Crippen LogP contribution in [0.3, 0.4) is 0 Å². The SMILES string of the molecule is COc1cnccc1CNC(=O)Cn1ncc(N[C@@H]2C[C@H]3C[C@@H]([C@H]2C)C3(C)C)c(Cl)c1=O. The third-order valence-electron chi connectivity index (χ3n) is 7.54. The van der Waals surface area contributed by atoms with Gasteiger partial charge >= 0.3 is 0 Å². The van der Waals surface area contributed by atoms with Crippen molar-refractivity contribution in [1.82, 2.24) is 20.1 Å². The second kappa shape index (κ2) is 8.73. The van der Waals surface area contributed by atoms with Gasteiger partial charge in [0, 0.05) is 24.3 Å². The lowest BCUT2D eigenvalue weighted by Crippen LogP contribution is -2.58. The Balaban J connectivity index is 1.39. The molecule has 2 bridgehead atoms. The molecule has 0 spiro atoms. The van der Waals surface area contributed by atoms with Gasteiger partial charge in [0.05, 0.1) is 25.2 Å². The second-order valence-electron chi connectivity index (χ2n) is 9.51. The van der Waals surface area contributed by atoms with Crippen LogP contribution in [0.1, 0.15) is 39.2 Å². The van der Waals surface area contributed by atoms with E-state index in [1.54, 1.807) is 31.8 Å². The van der Waals surface area contributed by atoms with Crippen LogP contribution in [-0.2, 0) is 17.9 Å². The highest BCUT2D eigenvalue weighted by atomic mass is 35.5. The van der Waals surface area contributed by atoms with E-state index in [1.165, 1.54) is 6.42 Å². The predicted octanol–water partition coefficient (Wildman–Crippen LogP) is 3.10. The van der Waals surface area contributed by atoms with Crippen LogP contribution in [0, 0.1) is 23.2 Å². The van der Waals surface area contributed by atoms with Crippen LogP contribution in [-0.4, -0.2) is 33.8 Å². The molecule has 1 amide bonds. The smallest absolute Gasteiger partial charge is 0.288 e. The van der Waals surface area contributed by atoms with E-state index >= 15 is 0 Å². The van der Waals surface area contributed by atoms with Crippen molar-refractivity contribution in [2.24, 2.45) is 23.2 Å². The maximum Gasteiger partial charge on any atom is 0.288 e. The van der Waals surface area contributed by atoms with Crippen LogP contribution in [0.2, 0.25) is 5.02 Å². The van der Waals surface area contributed by atoms with E-state index in [9.17, 15) is 9.59 Å². The number of nitrogens with one attached hydrogen (secondary N) is 2. The molecular formula is C23H30ClN5O3. The molecule has 9 heteroatoms. The molecule has 172 valence electrons. The summed E-state index contributed by atoms with van der Waals surface area (Å²) in [5.41, 5.74) is 1.22. The van der Waals surface area contributed by atoms with Crippen LogP contribution < -0.4 is 20.9 Å². The van der Waals surface area contributed by atoms with Crippen molar-refractivity contribution >= 4 is 23.2 Å². The molecule has 2 aromatic rings. The van der Waals surface area contributed by atoms with Gasteiger partial charge in [-0.05, 0) is 42.1 Å². The van der Waals surface area contributed by atoms with Gasteiger partial charge in [-0.15, -0.1) is 0 Å². The van der Waals surface area contributed by atoms with Gasteiger partial charge in [-0.3, -0.25) is 14.6 Å². The Hall–Kier alpha value is -2.61. The molecule has 3 saturated carbocycles. The number of carbonyl (C=O) groups excluding carboxylic acids is 1. The molecule has 0 aromatic carbocycles. The number of carbonyl (C=O) groups is 1. The highest BCUT2D eigenvalue weighted by Crippen LogP contribution is 2.61. The van der Waals surface area contributed by atoms with Gasteiger partial charge in [0.1, 0.15) is 17.3 Å². The van der Waals surface area contributed by atoms with Crippen molar-refractivity contribution in [3.8, 4) is 5.75 Å². The number of fused-ring (bicyclic) bond motifs is 2. The summed E-state index contributed by atoms with van der Waals surface area (Å²) in [7, 11) is 1.54. The molecule has 3 aliphatic rings. The van der Waals surface area contributed by atoms with Crippen molar-refractivity contribution in [1.29, 1.82) is 0 Å². The van der Waals surface area contributed by atoms with Crippen molar-refractivity contribution in [3.05, 3.63) is 45.6 Å². The van der Waals surface area contributed by atoms with Crippen LogP contribution in [0.25, 0.3) is 0 Å². The first kappa shape index (κ1) is 22.6. The second-order valence-corrected chi connectivity index (χ2v) is 9.88. The Labute approximate surface area is 192 Å². The molecule has 2 N–H and O–H groups in total. The molecule has 0 radical (unpaired) electrons. The number of aromatic nitrogens is 3. The average Bonchev–Trinajstić information content (AvgIpc) is 2.78. The fraction of sp³-hybridized carbons (Fsp3) is 0.565. The standard InChI is InChI=1S/C23H30ClN5O3/c1-13-16-7-15(23(16,2)3)8-17(13)28-18-10-27-29(22(31)21(18)24)12-20(30)26-9-14-5-6-25-11-19(14)32-4/h5-6,10-11,13,15-17,28H,7-9,12H2,1-4H3,(H,26,30)/t13-,15-,16+,17-/m1/s1. The van der Waals surface area contributed by atoms with Crippen molar-refractivity contribution in [2.45, 2.75) is 52.7 Å². The topological polar surface area (TPSA) is 98.1 Å². The van der Waals surface area contributed by atoms with Crippen molar-refractivity contribution in [2.75, 3.05) is 12.4 Å². The fourth-order valence-corrected chi connectivity index (χ4v) is 5.54. The third-order valence-corrected chi connectivity index (χ3v) is 7.90. The molecule has 3 fully saturated rings. The number of ether oxygens (including phenoxy) is 1. The lowest BCUT2D eigenvalue weighted by atomic mass is 9.45. The monoisotopic (exact) mass is 459 g/mol. The molecule has 0 aliphatic heterocycles. The summed E-state index contributed by atoms with van der Waals surface area (Å²) >= 11 is 6.37. The van der Waals surface area contributed by atoms with Gasteiger partial charge in [-0.2, -0.15) is 5.10 Å². The summed E-state index contributed by atoms with van der Waals surface area (Å²) in [5, 5.41) is 10.5. The summed E-state index contributed by atoms with van der Waals surface area (Å²) in [6.45, 7) is 7.01. The number of nitrogens with zero attached hydrogens (tertiary/aromatic N) is 3. The number of hydrogen-bond donors (Lipinski definition) is 2. The van der Waals surface area contributed by atoms with Gasteiger partial charge in [0.25, 0.3) is 5.56 Å². The van der Waals surface area contributed by atoms with Crippen molar-refractivity contribution < 1.29 is 9.53 Å². The number of halogens is 1. The Morgan fingerprint density at radius 3 is 2.81 bits per heavy atom. The summed E-state index contributed by atoms with van der Waals surface area (Å²) < 4.78 is 6.31. The first-order chi connectivity index (χ1) is 15.2. The molecule has 2 aromatic heterocycles. The van der Waals surface area contributed by atoms with Crippen LogP contribution in [0.15, 0.2) is 29.5 Å². The normalized spacial score (nSPS) is 25.5. The van der Waals surface area contributed by atoms with E-state index in [4.69, 9.17) is 16.3 Å². The summed E-state index contributed by atoms with van der Waals surface area (Å²) in [5.74, 6) is 2.09. The number of methoxy groups -OCH3 is 1. The minimum Gasteiger partial charge on any atom is -0.495 e. The lowest BCUT2D eigenvalue weighted by Gasteiger charge is -2.62. The van der Waals surface area contributed by atoms with Gasteiger partial charge in [-0.25, -0.2) is 4.68 Å². The Bertz CT molecular complexity index is 1070. The first-order valence-electron chi connectivity index (χ1n) is 11.0. The summed E-state index contributed by atoms with van der Waals surface area (Å²) in [6.07, 6.45) is 7.09. The number of rotatable bonds is 7. The molecule has 4 atom stereocenters. The maximum absolute atomic E-state index is 12.7. The fourth-order valence-electron chi connectivity index (χ4n) is 5.34. The zero-order valence-electron chi connectivity index (χ0n) is 18.9. The van der Waals surface area contributed by atoms with Gasteiger partial charge in [-0.1, -0.05) is 32.4 Å². The summed E-state index contributed by atoms with van der Waals surface area (Å²) in [4.78, 5) is 29.1. The molecule has 0 unspecified atom stereocenters. The Morgan fingerprint density at radius 2 is 2.12 bits per heavy atom. The van der Waals surface area contributed by atoms with E-state index in [0.29, 0.717) is 34.6 Å². The maximum atomic E-state index is 12.7. The Kier molecular flexibility index (Phi) is 6.16. The van der Waals surface area contributed by atoms with Gasteiger partial charge in [0.15, 0.2) is 0 Å². The zero-order valence-corrected chi connectivity index (χ0v) is 19.6. The third kappa shape index (κ3) is 4.08. The first-order valence-corrected chi connectivity index (χ1v) is 11.4. The largest absolute Gasteiger partial charge is 0.495 e. The average molecular weight is 460 g/mol. The molecular weight excluding hydrogens is 430 g/mol. The molecule has 32 heavy (non-hydrogen) atoms. The lowest BCUT2D eigenvalue weighted by molar-refractivity contribution is -0.122. The van der Waals surface area contributed by atoms with E-state index in [1.807, 2.05) is 0 Å². The molecule has 5 rings (SSSR count). The van der Waals surface area contributed by atoms with Gasteiger partial charge < -0.3 is 15.4 Å². The van der Waals surface area contributed by atoms with E-state index < -0.39 is 5.56 Å². The van der Waals surface area contributed by atoms with Crippen LogP contribution in [0.4, 0.5) is 5.69 Å². The molecule has 8 nitrogen and oxygen atoms in total. The van der Waals surface area contributed by atoms with Crippen molar-refractivity contribution in [3.63, 3.8) is 0 Å². The van der Waals surface area contributed by atoms with E-state index in [0.717, 1.165) is 16.7 Å². The molecule has 2 heterocycles. The van der Waals surface area contributed by atoms with Gasteiger partial charge in [0.2, 0.25) is 5.91 Å². The highest BCUT2D eigenvalue weighted by Gasteiger charge is 2.56. The molecule has 0 saturated heterocycles. The van der Waals surface area contributed by atoms with Crippen LogP contribution >= 0.6 is 11.6 Å². The highest BCUT2D eigenvalue weighted by molar-refractivity contribution is 6.32. The Morgan fingerprint density at radius 1 is 1.34 bits per heavy atom. The zero-order chi connectivity index (χ0) is 23.0. The predicted molar refractivity (Wildman–Crippen MR) is 123 cm³/mol. The number of amides is 1. The number of anilines is 1. The minimum absolute atomic E-state index is 0.0642. The summed E-state index contributed by atoms with van der Waals surface area (Å²) in [6, 6.07) is 2.03. The van der Waals surface area contributed by atoms with E-state index in [2.05, 4.69) is 41.5 Å². The number of pyridine rings is 1. The quantitative estimate of drug-likeness (QED) is 0.660. The number of hydrogen-bond acceptors (Lipinski definition) is 6. The van der Waals surface area contributed by atoms with E-state index in [-0.39, 0.29) is 30.1 Å². The minimum atomic E-state index is -0.484. The van der Waals surface area contributed by atoms with Crippen LogP contribution in [0.5, 0.6) is 5.75 Å².